The van der Waals surface area contributed by atoms with Gasteiger partial charge in [0, 0.05) is 24.3 Å². The average Bonchev–Trinajstić information content (AvgIpc) is 3.02. The van der Waals surface area contributed by atoms with Gasteiger partial charge in [-0.15, -0.1) is 0 Å². The van der Waals surface area contributed by atoms with Crippen molar-refractivity contribution in [3.63, 3.8) is 0 Å². The van der Waals surface area contributed by atoms with Crippen LogP contribution in [0.25, 0.3) is 11.0 Å². The summed E-state index contributed by atoms with van der Waals surface area (Å²) in [6.07, 6.45) is 4.26. The van der Waals surface area contributed by atoms with Crippen molar-refractivity contribution in [3.8, 4) is 0 Å². The highest BCUT2D eigenvalue weighted by Crippen LogP contribution is 2.38. The van der Waals surface area contributed by atoms with Gasteiger partial charge in [-0.25, -0.2) is 9.78 Å². The van der Waals surface area contributed by atoms with Crippen LogP contribution in [-0.2, 0) is 27.0 Å². The van der Waals surface area contributed by atoms with Gasteiger partial charge in [-0.05, 0) is 60.7 Å². The number of benzene rings is 1. The second-order valence-corrected chi connectivity index (χ2v) is 14.0. The van der Waals surface area contributed by atoms with Gasteiger partial charge in [0.1, 0.15) is 11.3 Å². The maximum atomic E-state index is 6.32. The Bertz CT molecular complexity index is 772. The molecule has 0 bridgehead atoms. The lowest BCUT2D eigenvalue weighted by Gasteiger charge is -2.36. The molecule has 1 aliphatic carbocycles. The fourth-order valence-corrected chi connectivity index (χ4v) is 4.70. The molecule has 1 heterocycles. The van der Waals surface area contributed by atoms with Gasteiger partial charge < -0.3 is 8.84 Å². The third-order valence-corrected chi connectivity index (χ3v) is 10.9. The molecule has 1 unspecified atom stereocenters. The first-order valence-electron chi connectivity index (χ1n) is 10.1. The molecule has 0 spiro atoms. The Morgan fingerprint density at radius 3 is 2.70 bits per heavy atom. The zero-order valence-electron chi connectivity index (χ0n) is 17.7. The molecule has 27 heavy (non-hydrogen) atoms. The van der Waals surface area contributed by atoms with Gasteiger partial charge in [-0.3, -0.25) is 0 Å². The van der Waals surface area contributed by atoms with E-state index in [-0.39, 0.29) is 5.04 Å². The lowest BCUT2D eigenvalue weighted by Crippen LogP contribution is -2.41. The molecule has 2 aromatic rings. The van der Waals surface area contributed by atoms with Crippen molar-refractivity contribution in [2.24, 2.45) is 0 Å². The summed E-state index contributed by atoms with van der Waals surface area (Å²) in [7, 11) is -0.140. The molecule has 0 saturated carbocycles. The Morgan fingerprint density at radius 1 is 1.22 bits per heavy atom. The maximum Gasteiger partial charge on any atom is 0.191 e. The fraction of sp³-hybridized carbons (Fsp3) is 0.636. The van der Waals surface area contributed by atoms with Crippen molar-refractivity contribution in [3.05, 3.63) is 35.1 Å². The van der Waals surface area contributed by atoms with Gasteiger partial charge in [-0.1, -0.05) is 26.8 Å². The van der Waals surface area contributed by atoms with E-state index in [1.807, 2.05) is 0 Å². The van der Waals surface area contributed by atoms with E-state index in [0.29, 0.717) is 12.5 Å². The molecule has 5 heteroatoms. The van der Waals surface area contributed by atoms with Gasteiger partial charge in [-0.2, -0.15) is 0 Å². The zero-order valence-corrected chi connectivity index (χ0v) is 18.7. The minimum absolute atomic E-state index is 0.235. The van der Waals surface area contributed by atoms with Crippen molar-refractivity contribution >= 4 is 19.3 Å². The molecule has 0 radical (unpaired) electrons. The van der Waals surface area contributed by atoms with Crippen molar-refractivity contribution in [2.45, 2.75) is 70.5 Å². The van der Waals surface area contributed by atoms with Crippen LogP contribution in [0.15, 0.2) is 22.6 Å². The van der Waals surface area contributed by atoms with Crippen molar-refractivity contribution in [2.75, 3.05) is 20.3 Å². The Labute approximate surface area is 164 Å². The minimum Gasteiger partial charge on any atom is -0.461 e. The molecule has 3 rings (SSSR count). The van der Waals surface area contributed by atoms with Crippen LogP contribution >= 0.6 is 0 Å². The quantitative estimate of drug-likeness (QED) is 0.330. The summed E-state index contributed by atoms with van der Waals surface area (Å²) in [6.45, 7) is 12.8. The Kier molecular flexibility index (Phi) is 6.16. The summed E-state index contributed by atoms with van der Waals surface area (Å²) in [5.41, 5.74) is 3.80. The van der Waals surface area contributed by atoms with E-state index in [2.05, 4.69) is 52.1 Å². The van der Waals surface area contributed by atoms with Crippen LogP contribution in [0.1, 0.15) is 56.4 Å². The second-order valence-electron chi connectivity index (χ2n) is 9.16. The summed E-state index contributed by atoms with van der Waals surface area (Å²) in [4.78, 5) is 10.0. The number of hydrogen-bond donors (Lipinski definition) is 0. The van der Waals surface area contributed by atoms with Crippen LogP contribution in [0.4, 0.5) is 0 Å². The van der Waals surface area contributed by atoms with Gasteiger partial charge in [0.25, 0.3) is 0 Å². The molecular formula is C22H34O4Si. The zero-order chi connectivity index (χ0) is 19.7. The topological polar surface area (TPSA) is 40.8 Å². The molecule has 1 aromatic heterocycles. The number of furan rings is 1. The largest absolute Gasteiger partial charge is 0.461 e. The van der Waals surface area contributed by atoms with Gasteiger partial charge in [0.05, 0.1) is 13.7 Å². The Balaban J connectivity index is 1.74. The van der Waals surface area contributed by atoms with E-state index in [4.69, 9.17) is 18.6 Å². The highest BCUT2D eigenvalue weighted by atomic mass is 28.4. The first-order valence-corrected chi connectivity index (χ1v) is 13.0. The SMILES string of the molecule is COOCC1CCCc2c1ccc1oc(CCO[Si](C)(C)C(C)(C)C)cc21. The molecule has 4 nitrogen and oxygen atoms in total. The van der Waals surface area contributed by atoms with E-state index >= 15 is 0 Å². The van der Waals surface area contributed by atoms with Crippen LogP contribution < -0.4 is 0 Å². The van der Waals surface area contributed by atoms with Crippen LogP contribution in [0.3, 0.4) is 0 Å². The van der Waals surface area contributed by atoms with Crippen molar-refractivity contribution < 1.29 is 18.6 Å². The standard InChI is InChI=1S/C22H34O4Si/c1-22(2,3)27(5,6)25-13-12-17-14-20-19-9-7-8-16(15-24-23-4)18(19)10-11-21(20)26-17/h10-11,14,16H,7-9,12-13,15H2,1-6H3. The van der Waals surface area contributed by atoms with Crippen LogP contribution in [0.2, 0.25) is 18.1 Å². The number of fused-ring (bicyclic) bond motifs is 3. The molecular weight excluding hydrogens is 356 g/mol. The number of aryl methyl sites for hydroxylation is 1. The molecule has 0 N–H and O–H groups in total. The first kappa shape index (κ1) is 20.6. The highest BCUT2D eigenvalue weighted by Gasteiger charge is 2.37. The minimum atomic E-state index is -1.71. The summed E-state index contributed by atoms with van der Waals surface area (Å²) in [5.74, 6) is 1.42. The Hall–Kier alpha value is -1.14. The van der Waals surface area contributed by atoms with E-state index in [0.717, 1.165) is 37.2 Å². The smallest absolute Gasteiger partial charge is 0.191 e. The Morgan fingerprint density at radius 2 is 2.00 bits per heavy atom. The molecule has 1 atom stereocenters. The second kappa shape index (κ2) is 8.07. The molecule has 0 fully saturated rings. The van der Waals surface area contributed by atoms with Crippen LogP contribution in [0.5, 0.6) is 0 Å². The monoisotopic (exact) mass is 390 g/mol. The predicted molar refractivity (Wildman–Crippen MR) is 112 cm³/mol. The van der Waals surface area contributed by atoms with E-state index in [1.165, 1.54) is 22.9 Å². The van der Waals surface area contributed by atoms with Gasteiger partial charge >= 0.3 is 0 Å². The van der Waals surface area contributed by atoms with Crippen LogP contribution in [-0.4, -0.2) is 28.6 Å². The molecule has 150 valence electrons. The van der Waals surface area contributed by atoms with E-state index < -0.39 is 8.32 Å². The lowest BCUT2D eigenvalue weighted by molar-refractivity contribution is -0.275. The fourth-order valence-electron chi connectivity index (χ4n) is 3.65. The summed E-state index contributed by atoms with van der Waals surface area (Å²) < 4.78 is 12.4. The third kappa shape index (κ3) is 4.48. The van der Waals surface area contributed by atoms with Crippen molar-refractivity contribution in [1.82, 2.24) is 0 Å². The molecule has 0 saturated heterocycles. The molecule has 0 amide bonds. The first-order chi connectivity index (χ1) is 12.7. The molecule has 1 aromatic carbocycles. The van der Waals surface area contributed by atoms with Crippen LogP contribution in [0, 0.1) is 0 Å². The summed E-state index contributed by atoms with van der Waals surface area (Å²) >= 11 is 0. The summed E-state index contributed by atoms with van der Waals surface area (Å²) in [6, 6.07) is 6.54. The van der Waals surface area contributed by atoms with Gasteiger partial charge in [0.15, 0.2) is 8.32 Å². The molecule has 1 aliphatic rings. The third-order valence-electron chi connectivity index (χ3n) is 6.32. The van der Waals surface area contributed by atoms with Crippen molar-refractivity contribution in [1.29, 1.82) is 0 Å². The van der Waals surface area contributed by atoms with Gasteiger partial charge in [0.2, 0.25) is 0 Å². The summed E-state index contributed by atoms with van der Waals surface area (Å²) in [5, 5.41) is 1.50. The normalized spacial score (nSPS) is 18.1. The predicted octanol–water partition coefficient (Wildman–Crippen LogP) is 6.00. The number of hydrogen-bond acceptors (Lipinski definition) is 4. The molecule has 0 aliphatic heterocycles. The highest BCUT2D eigenvalue weighted by molar-refractivity contribution is 6.74. The number of rotatable bonds is 7. The van der Waals surface area contributed by atoms with E-state index in [1.54, 1.807) is 7.11 Å². The average molecular weight is 391 g/mol. The maximum absolute atomic E-state index is 6.32. The lowest BCUT2D eigenvalue weighted by atomic mass is 9.82. The van der Waals surface area contributed by atoms with E-state index in [9.17, 15) is 0 Å².